The first-order valence-corrected chi connectivity index (χ1v) is 14.8. The predicted molar refractivity (Wildman–Crippen MR) is 145 cm³/mol. The highest BCUT2D eigenvalue weighted by molar-refractivity contribution is 6.06. The molecule has 5 aliphatic carbocycles. The summed E-state index contributed by atoms with van der Waals surface area (Å²) >= 11 is 0. The van der Waals surface area contributed by atoms with Gasteiger partial charge in [0.1, 0.15) is 0 Å². The van der Waals surface area contributed by atoms with Crippen LogP contribution in [0.2, 0.25) is 0 Å². The maximum atomic E-state index is 4.72. The van der Waals surface area contributed by atoms with Gasteiger partial charge in [-0.15, -0.1) is 0 Å². The van der Waals surface area contributed by atoms with Crippen LogP contribution < -0.4 is 0 Å². The van der Waals surface area contributed by atoms with Gasteiger partial charge in [0, 0.05) is 0 Å². The van der Waals surface area contributed by atoms with E-state index in [-0.39, 0.29) is 5.41 Å². The molecule has 1 heterocycles. The van der Waals surface area contributed by atoms with Crippen LogP contribution in [-0.4, -0.2) is 12.3 Å². The smallest absolute Gasteiger partial charge is 0.0650 e. The summed E-state index contributed by atoms with van der Waals surface area (Å²) in [5, 5.41) is 0. The highest BCUT2D eigenvalue weighted by Crippen LogP contribution is 2.73. The third-order valence-corrected chi connectivity index (χ3v) is 13.3. The van der Waals surface area contributed by atoms with E-state index < -0.39 is 0 Å². The van der Waals surface area contributed by atoms with Gasteiger partial charge in [0.15, 0.2) is 0 Å². The summed E-state index contributed by atoms with van der Waals surface area (Å²) in [6, 6.07) is 0. The van der Waals surface area contributed by atoms with Crippen molar-refractivity contribution < 1.29 is 0 Å². The number of rotatable bonds is 3. The maximum Gasteiger partial charge on any atom is 0.0650 e. The molecule has 6 rings (SSSR count). The Morgan fingerprint density at radius 2 is 1.62 bits per heavy atom. The van der Waals surface area contributed by atoms with Crippen molar-refractivity contribution in [3.63, 3.8) is 0 Å². The first-order chi connectivity index (χ1) is 16.2. The van der Waals surface area contributed by atoms with E-state index in [4.69, 9.17) is 4.99 Å². The van der Waals surface area contributed by atoms with E-state index in [1.165, 1.54) is 76.2 Å². The Labute approximate surface area is 209 Å². The van der Waals surface area contributed by atoms with Crippen molar-refractivity contribution in [2.75, 3.05) is 6.54 Å². The lowest BCUT2D eigenvalue weighted by Gasteiger charge is -2.67. The third-order valence-electron chi connectivity index (χ3n) is 13.3. The van der Waals surface area contributed by atoms with E-state index >= 15 is 0 Å². The highest BCUT2D eigenvalue weighted by atomic mass is 14.8. The van der Waals surface area contributed by atoms with Gasteiger partial charge in [-0.3, -0.25) is 4.99 Å². The van der Waals surface area contributed by atoms with Crippen LogP contribution in [0.1, 0.15) is 105 Å². The topological polar surface area (TPSA) is 12.4 Å². The maximum absolute atomic E-state index is 4.72. The molecule has 0 aromatic carbocycles. The van der Waals surface area contributed by atoms with Gasteiger partial charge in [-0.05, 0) is 132 Å². The minimum Gasteiger partial charge on any atom is -0.281 e. The van der Waals surface area contributed by atoms with Crippen LogP contribution in [0.3, 0.4) is 0 Å². The fourth-order valence-electron chi connectivity index (χ4n) is 11.7. The van der Waals surface area contributed by atoms with Gasteiger partial charge in [0.05, 0.1) is 12.3 Å². The number of nitrogens with zero attached hydrogens (tertiary/aromatic N) is 1. The Morgan fingerprint density at radius 3 is 2.32 bits per heavy atom. The lowest BCUT2D eigenvalue weighted by molar-refractivity contribution is -0.174. The van der Waals surface area contributed by atoms with E-state index in [0.29, 0.717) is 16.2 Å². The van der Waals surface area contributed by atoms with Crippen molar-refractivity contribution in [2.45, 2.75) is 105 Å². The quantitative estimate of drug-likeness (QED) is 0.399. The first-order valence-electron chi connectivity index (χ1n) is 14.8. The summed E-state index contributed by atoms with van der Waals surface area (Å²) in [7, 11) is 0. The van der Waals surface area contributed by atoms with Gasteiger partial charge in [-0.2, -0.15) is 0 Å². The summed E-state index contributed by atoms with van der Waals surface area (Å²) in [5.41, 5.74) is 6.14. The molecule has 1 heteroatoms. The zero-order chi connectivity index (χ0) is 23.9. The molecule has 0 amide bonds. The zero-order valence-electron chi connectivity index (χ0n) is 22.8. The lowest BCUT2D eigenvalue weighted by atomic mass is 9.37. The Hall–Kier alpha value is -1.11. The monoisotopic (exact) mass is 459 g/mol. The first kappa shape index (κ1) is 23.3. The van der Waals surface area contributed by atoms with Crippen LogP contribution in [0.4, 0.5) is 0 Å². The van der Waals surface area contributed by atoms with Crippen LogP contribution in [0.15, 0.2) is 40.9 Å². The predicted octanol–water partition coefficient (Wildman–Crippen LogP) is 8.97. The molecular formula is C33H49N. The average molecular weight is 460 g/mol. The van der Waals surface area contributed by atoms with E-state index in [9.17, 15) is 0 Å². The molecule has 0 radical (unpaired) electrons. The number of aliphatic imine (C=N–C) groups is 1. The number of allylic oxidation sites excluding steroid dienone is 3. The fraction of sp³-hybridized carbons (Fsp3) is 0.788. The number of hydrogen-bond donors (Lipinski definition) is 0. The second kappa shape index (κ2) is 7.69. The number of fused-ring (bicyclic) bond motifs is 7. The van der Waals surface area contributed by atoms with E-state index in [1.54, 1.807) is 5.57 Å². The lowest BCUT2D eigenvalue weighted by Crippen LogP contribution is -2.60. The molecule has 8 atom stereocenters. The summed E-state index contributed by atoms with van der Waals surface area (Å²) in [6.07, 6.45) is 23.2. The van der Waals surface area contributed by atoms with Crippen LogP contribution in [0.5, 0.6) is 0 Å². The Kier molecular flexibility index (Phi) is 5.27. The van der Waals surface area contributed by atoms with Crippen molar-refractivity contribution in [3.05, 3.63) is 36.0 Å². The standard InChI is InChI=1S/C33H49N/c1-7-23-20-22(21-34-23)24-15-17-32(6)26-11-12-27-28-10-9-16-33(28,8-2)19-18-31(27,5)25(26)13-14-29(32)30(24,3)4/h7,15,20,25-29H,1,8-14,16-19,21H2,2-6H3/t25-,26?,27?,28?,29?,31+,32?,33?/m1/s1. The third kappa shape index (κ3) is 2.94. The summed E-state index contributed by atoms with van der Waals surface area (Å²) in [4.78, 5) is 4.72. The van der Waals surface area contributed by atoms with Crippen molar-refractivity contribution in [1.29, 1.82) is 0 Å². The Morgan fingerprint density at radius 1 is 0.912 bits per heavy atom. The molecule has 1 nitrogen and oxygen atoms in total. The summed E-state index contributed by atoms with van der Waals surface area (Å²) in [5.74, 6) is 4.70. The average Bonchev–Trinajstić information content (AvgIpc) is 3.46. The molecule has 4 saturated carbocycles. The molecule has 34 heavy (non-hydrogen) atoms. The van der Waals surface area contributed by atoms with Gasteiger partial charge in [-0.25, -0.2) is 0 Å². The Bertz CT molecular complexity index is 963. The van der Waals surface area contributed by atoms with Crippen LogP contribution in [0, 0.1) is 51.2 Å². The number of hydrogen-bond acceptors (Lipinski definition) is 1. The molecular weight excluding hydrogens is 410 g/mol. The van der Waals surface area contributed by atoms with Crippen LogP contribution in [0.25, 0.3) is 0 Å². The molecule has 0 N–H and O–H groups in total. The molecule has 6 aliphatic rings. The van der Waals surface area contributed by atoms with Gasteiger partial charge in [-0.1, -0.05) is 60.1 Å². The summed E-state index contributed by atoms with van der Waals surface area (Å²) in [6.45, 7) is 17.9. The van der Waals surface area contributed by atoms with Gasteiger partial charge < -0.3 is 0 Å². The minimum absolute atomic E-state index is 0.239. The van der Waals surface area contributed by atoms with Crippen molar-refractivity contribution in [3.8, 4) is 0 Å². The molecule has 6 unspecified atom stereocenters. The largest absolute Gasteiger partial charge is 0.281 e. The van der Waals surface area contributed by atoms with E-state index in [2.05, 4.69) is 53.3 Å². The van der Waals surface area contributed by atoms with Gasteiger partial charge in [0.25, 0.3) is 0 Å². The van der Waals surface area contributed by atoms with Crippen molar-refractivity contribution in [1.82, 2.24) is 0 Å². The van der Waals surface area contributed by atoms with Crippen LogP contribution >= 0.6 is 0 Å². The van der Waals surface area contributed by atoms with E-state index in [1.807, 2.05) is 6.08 Å². The van der Waals surface area contributed by atoms with Crippen LogP contribution in [-0.2, 0) is 0 Å². The second-order valence-corrected chi connectivity index (χ2v) is 14.4. The molecule has 0 aromatic heterocycles. The molecule has 0 spiro atoms. The van der Waals surface area contributed by atoms with Gasteiger partial charge in [0.2, 0.25) is 0 Å². The van der Waals surface area contributed by atoms with Gasteiger partial charge >= 0.3 is 0 Å². The molecule has 4 fully saturated rings. The van der Waals surface area contributed by atoms with Crippen molar-refractivity contribution in [2.24, 2.45) is 56.2 Å². The minimum atomic E-state index is 0.239. The highest BCUT2D eigenvalue weighted by Gasteiger charge is 2.64. The van der Waals surface area contributed by atoms with E-state index in [0.717, 1.165) is 41.8 Å². The summed E-state index contributed by atoms with van der Waals surface area (Å²) < 4.78 is 0. The normalized spacial score (nSPS) is 49.1. The zero-order valence-corrected chi connectivity index (χ0v) is 22.8. The van der Waals surface area contributed by atoms with Crippen molar-refractivity contribution >= 4 is 5.71 Å². The molecule has 1 aliphatic heterocycles. The molecule has 186 valence electrons. The Balaban J connectivity index is 1.31. The SMILES string of the molecule is C=CC1=NCC(C2=CCC3(C)C4CCC5C6CCCC6(CC)CC[C@@]5(C)[C@@H]4CCC3C2(C)C)=C1. The molecule has 0 saturated heterocycles. The fourth-order valence-corrected chi connectivity index (χ4v) is 11.7. The molecule has 0 bridgehead atoms. The molecule has 0 aromatic rings. The second-order valence-electron chi connectivity index (χ2n) is 14.4.